The third-order valence-corrected chi connectivity index (χ3v) is 5.17. The number of halogens is 2. The molecule has 6 heteroatoms. The lowest BCUT2D eigenvalue weighted by molar-refractivity contribution is -0.314. The number of carboxylic acids is 1. The van der Waals surface area contributed by atoms with Crippen LogP contribution < -0.4 is 10.4 Å². The molecule has 3 rings (SSSR count). The maximum atomic E-state index is 13.8. The first kappa shape index (κ1) is 14.5. The molecule has 2 saturated carbocycles. The monoisotopic (exact) mass is 354 g/mol. The molecule has 0 heterocycles. The first-order valence-electron chi connectivity index (χ1n) is 6.94. The first-order chi connectivity index (χ1) is 9.97. The number of benzene rings is 1. The van der Waals surface area contributed by atoms with Gasteiger partial charge < -0.3 is 15.2 Å². The van der Waals surface area contributed by atoms with Crippen LogP contribution in [0.25, 0.3) is 0 Å². The van der Waals surface area contributed by atoms with Gasteiger partial charge in [0.15, 0.2) is 0 Å². The van der Waals surface area contributed by atoms with E-state index in [1.807, 2.05) is 0 Å². The molecule has 2 aliphatic rings. The molecular formula is C15H14BrFNO3-. The zero-order chi connectivity index (χ0) is 15.1. The van der Waals surface area contributed by atoms with E-state index >= 15 is 0 Å². The summed E-state index contributed by atoms with van der Waals surface area (Å²) in [4.78, 5) is 23.7. The van der Waals surface area contributed by atoms with E-state index in [1.165, 1.54) is 12.1 Å². The highest BCUT2D eigenvalue weighted by atomic mass is 79.9. The maximum Gasteiger partial charge on any atom is 0.228 e. The zero-order valence-electron chi connectivity index (χ0n) is 11.1. The molecule has 0 radical (unpaired) electrons. The van der Waals surface area contributed by atoms with Crippen LogP contribution in [-0.4, -0.2) is 11.9 Å². The van der Waals surface area contributed by atoms with Gasteiger partial charge in [-0.1, -0.05) is 15.9 Å². The lowest BCUT2D eigenvalue weighted by atomic mass is 9.78. The number of hydrogen-bond donors (Lipinski definition) is 1. The second-order valence-electron chi connectivity index (χ2n) is 5.82. The van der Waals surface area contributed by atoms with Gasteiger partial charge in [0.2, 0.25) is 5.91 Å². The predicted molar refractivity (Wildman–Crippen MR) is 75.5 cm³/mol. The minimum absolute atomic E-state index is 0.0190. The van der Waals surface area contributed by atoms with Gasteiger partial charge in [-0.3, -0.25) is 4.79 Å². The van der Waals surface area contributed by atoms with Crippen molar-refractivity contribution in [1.82, 2.24) is 0 Å². The van der Waals surface area contributed by atoms with Crippen LogP contribution in [-0.2, 0) is 9.59 Å². The zero-order valence-corrected chi connectivity index (χ0v) is 12.7. The quantitative estimate of drug-likeness (QED) is 0.901. The van der Waals surface area contributed by atoms with Crippen molar-refractivity contribution in [2.24, 2.45) is 23.7 Å². The fraction of sp³-hybridized carbons (Fsp3) is 0.467. The number of fused-ring (bicyclic) bond motifs is 2. The van der Waals surface area contributed by atoms with Crippen LogP contribution in [0.3, 0.4) is 0 Å². The van der Waals surface area contributed by atoms with Crippen LogP contribution in [0.1, 0.15) is 19.3 Å². The van der Waals surface area contributed by atoms with Crippen LogP contribution >= 0.6 is 15.9 Å². The molecule has 0 unspecified atom stereocenters. The van der Waals surface area contributed by atoms with Gasteiger partial charge in [-0.25, -0.2) is 4.39 Å². The first-order valence-corrected chi connectivity index (χ1v) is 7.73. The number of hydrogen-bond acceptors (Lipinski definition) is 3. The number of carbonyl (C=O) groups is 2. The van der Waals surface area contributed by atoms with Crippen LogP contribution in [0.2, 0.25) is 0 Å². The summed E-state index contributed by atoms with van der Waals surface area (Å²) in [5.74, 6) is -3.41. The Morgan fingerprint density at radius 1 is 1.24 bits per heavy atom. The van der Waals surface area contributed by atoms with Gasteiger partial charge in [-0.05, 0) is 49.3 Å². The number of rotatable bonds is 3. The third kappa shape index (κ3) is 2.57. The van der Waals surface area contributed by atoms with Gasteiger partial charge in [0.1, 0.15) is 5.82 Å². The van der Waals surface area contributed by atoms with Crippen molar-refractivity contribution in [2.45, 2.75) is 19.3 Å². The molecule has 2 aliphatic carbocycles. The molecule has 21 heavy (non-hydrogen) atoms. The molecule has 1 amide bonds. The standard InChI is InChI=1S/C15H15BrFNO3/c16-9-3-4-11(10(17)6-9)18-14(19)12-7-1-2-8(5-7)13(12)15(20)21/h3-4,6-8,12-13H,1-2,5H2,(H,18,19)(H,20,21)/p-1/t7-,8-,12+,13-/m0/s1. The number of amides is 1. The van der Waals surface area contributed by atoms with Gasteiger partial charge >= 0.3 is 0 Å². The fourth-order valence-corrected chi connectivity index (χ4v) is 4.15. The van der Waals surface area contributed by atoms with Gasteiger partial charge in [-0.15, -0.1) is 0 Å². The average Bonchev–Trinajstić information content (AvgIpc) is 3.02. The van der Waals surface area contributed by atoms with Gasteiger partial charge in [-0.2, -0.15) is 0 Å². The highest BCUT2D eigenvalue weighted by molar-refractivity contribution is 9.10. The molecule has 1 aromatic carbocycles. The number of aliphatic carboxylic acids is 1. The molecule has 0 aromatic heterocycles. The molecule has 4 atom stereocenters. The van der Waals surface area contributed by atoms with E-state index in [4.69, 9.17) is 0 Å². The van der Waals surface area contributed by atoms with Crippen LogP contribution in [0.4, 0.5) is 10.1 Å². The Kier molecular flexibility index (Phi) is 3.73. The Balaban J connectivity index is 1.80. The molecular weight excluding hydrogens is 341 g/mol. The number of anilines is 1. The van der Waals surface area contributed by atoms with Crippen molar-refractivity contribution in [2.75, 3.05) is 5.32 Å². The Hall–Kier alpha value is -1.43. The summed E-state index contributed by atoms with van der Waals surface area (Å²) in [7, 11) is 0. The predicted octanol–water partition coefficient (Wildman–Crippen LogP) is 1.94. The van der Waals surface area contributed by atoms with Crippen molar-refractivity contribution in [1.29, 1.82) is 0 Å². The molecule has 0 aliphatic heterocycles. The summed E-state index contributed by atoms with van der Waals surface area (Å²) >= 11 is 3.15. The Labute approximate surface area is 129 Å². The maximum absolute atomic E-state index is 13.8. The largest absolute Gasteiger partial charge is 0.550 e. The molecule has 0 spiro atoms. The van der Waals surface area contributed by atoms with Crippen molar-refractivity contribution >= 4 is 33.5 Å². The fourth-order valence-electron chi connectivity index (χ4n) is 3.81. The van der Waals surface area contributed by atoms with Crippen molar-refractivity contribution in [3.8, 4) is 0 Å². The molecule has 112 valence electrons. The van der Waals surface area contributed by atoms with E-state index in [-0.39, 0.29) is 17.5 Å². The molecule has 2 fully saturated rings. The van der Waals surface area contributed by atoms with Gasteiger partial charge in [0.05, 0.1) is 5.69 Å². The van der Waals surface area contributed by atoms with E-state index in [0.29, 0.717) is 4.47 Å². The lowest BCUT2D eigenvalue weighted by Crippen LogP contribution is -2.44. The second-order valence-corrected chi connectivity index (χ2v) is 6.73. The topological polar surface area (TPSA) is 69.2 Å². The van der Waals surface area contributed by atoms with Crippen molar-refractivity contribution < 1.29 is 19.1 Å². The number of carboxylic acid groups (broad SMARTS) is 1. The highest BCUT2D eigenvalue weighted by Crippen LogP contribution is 2.52. The van der Waals surface area contributed by atoms with Crippen LogP contribution in [0, 0.1) is 29.5 Å². The Bertz CT molecular complexity index is 607. The van der Waals surface area contributed by atoms with Gasteiger partial charge in [0, 0.05) is 22.3 Å². The minimum atomic E-state index is -1.17. The van der Waals surface area contributed by atoms with E-state index in [2.05, 4.69) is 21.2 Å². The summed E-state index contributed by atoms with van der Waals surface area (Å²) in [6, 6.07) is 4.33. The van der Waals surface area contributed by atoms with Crippen LogP contribution in [0.5, 0.6) is 0 Å². The number of nitrogens with one attached hydrogen (secondary N) is 1. The summed E-state index contributed by atoms with van der Waals surface area (Å²) in [6.45, 7) is 0. The molecule has 0 saturated heterocycles. The molecule has 1 aromatic rings. The highest BCUT2D eigenvalue weighted by Gasteiger charge is 2.51. The van der Waals surface area contributed by atoms with Crippen LogP contribution in [0.15, 0.2) is 22.7 Å². The summed E-state index contributed by atoms with van der Waals surface area (Å²) in [6.07, 6.45) is 2.44. The molecule has 1 N–H and O–H groups in total. The lowest BCUT2D eigenvalue weighted by Gasteiger charge is -2.30. The smallest absolute Gasteiger partial charge is 0.228 e. The van der Waals surface area contributed by atoms with E-state index < -0.39 is 29.5 Å². The van der Waals surface area contributed by atoms with E-state index in [9.17, 15) is 19.1 Å². The summed E-state index contributed by atoms with van der Waals surface area (Å²) < 4.78 is 14.3. The van der Waals surface area contributed by atoms with Crippen molar-refractivity contribution in [3.63, 3.8) is 0 Å². The Morgan fingerprint density at radius 2 is 1.90 bits per heavy atom. The minimum Gasteiger partial charge on any atom is -0.550 e. The Morgan fingerprint density at radius 3 is 2.52 bits per heavy atom. The van der Waals surface area contributed by atoms with E-state index in [0.717, 1.165) is 19.3 Å². The van der Waals surface area contributed by atoms with Gasteiger partial charge in [0.25, 0.3) is 0 Å². The SMILES string of the molecule is O=C(Nc1ccc(Br)cc1F)[C@@H]1[C@H]2CC[C@@H](C2)[C@@H]1C(=O)[O-]. The second kappa shape index (κ2) is 5.40. The van der Waals surface area contributed by atoms with Crippen molar-refractivity contribution in [3.05, 3.63) is 28.5 Å². The normalized spacial score (nSPS) is 30.4. The molecule has 2 bridgehead atoms. The summed E-state index contributed by atoms with van der Waals surface area (Å²) in [5, 5.41) is 13.8. The molecule has 4 nitrogen and oxygen atoms in total. The third-order valence-electron chi connectivity index (χ3n) is 4.68. The average molecular weight is 355 g/mol. The summed E-state index contributed by atoms with van der Waals surface area (Å²) in [5.41, 5.74) is 0.0723. The van der Waals surface area contributed by atoms with E-state index in [1.54, 1.807) is 6.07 Å². The number of carbonyl (C=O) groups excluding carboxylic acids is 2.